The van der Waals surface area contributed by atoms with E-state index in [4.69, 9.17) is 17.4 Å². The van der Waals surface area contributed by atoms with Gasteiger partial charge in [-0.1, -0.05) is 0 Å². The molecule has 0 radical (unpaired) electrons. The van der Waals surface area contributed by atoms with E-state index in [-0.39, 0.29) is 6.09 Å². The monoisotopic (exact) mass is 406 g/mol. The Morgan fingerprint density at radius 2 is 1.75 bits per heavy atom. The molecule has 3 rings (SSSR count). The Kier molecular flexibility index (Phi) is 6.78. The maximum atomic E-state index is 12.3. The molecule has 6 nitrogen and oxygen atoms in total. The lowest BCUT2D eigenvalue weighted by molar-refractivity contribution is 0.0139. The molecule has 2 fully saturated rings. The number of carbonyl (C=O) groups excluding carboxylic acids is 1. The summed E-state index contributed by atoms with van der Waals surface area (Å²) in [7, 11) is 0. The molecule has 0 bridgehead atoms. The SMILES string of the molecule is Cc1c(S)cc(N2CCNCC2)cc1CN1CCN(C(=O)OC(C)(C)C)CC1. The number of amides is 1. The van der Waals surface area contributed by atoms with Gasteiger partial charge in [0, 0.05) is 69.5 Å². The average molecular weight is 407 g/mol. The van der Waals surface area contributed by atoms with E-state index in [0.717, 1.165) is 50.7 Å². The molecule has 0 aliphatic carbocycles. The maximum absolute atomic E-state index is 12.3. The quantitative estimate of drug-likeness (QED) is 0.756. The molecule has 7 heteroatoms. The number of anilines is 1. The van der Waals surface area contributed by atoms with Crippen LogP contribution in [0, 0.1) is 6.92 Å². The van der Waals surface area contributed by atoms with Gasteiger partial charge in [-0.25, -0.2) is 4.79 Å². The van der Waals surface area contributed by atoms with E-state index in [2.05, 4.69) is 34.2 Å². The van der Waals surface area contributed by atoms with Crippen molar-refractivity contribution in [1.82, 2.24) is 15.1 Å². The molecule has 0 saturated carbocycles. The summed E-state index contributed by atoms with van der Waals surface area (Å²) >= 11 is 4.73. The van der Waals surface area contributed by atoms with E-state index in [1.807, 2.05) is 25.7 Å². The Hall–Kier alpha value is -1.44. The van der Waals surface area contributed by atoms with Gasteiger partial charge in [0.2, 0.25) is 0 Å². The van der Waals surface area contributed by atoms with Crippen molar-refractivity contribution in [2.24, 2.45) is 0 Å². The number of carbonyl (C=O) groups is 1. The maximum Gasteiger partial charge on any atom is 0.410 e. The Labute approximate surface area is 174 Å². The predicted octanol–water partition coefficient (Wildman–Crippen LogP) is 2.75. The summed E-state index contributed by atoms with van der Waals surface area (Å²) in [5.41, 5.74) is 3.39. The summed E-state index contributed by atoms with van der Waals surface area (Å²) in [6, 6.07) is 4.51. The minimum atomic E-state index is -0.446. The molecule has 1 amide bonds. The fourth-order valence-corrected chi connectivity index (χ4v) is 3.94. The van der Waals surface area contributed by atoms with Crippen LogP contribution >= 0.6 is 12.6 Å². The van der Waals surface area contributed by atoms with Crippen LogP contribution in [0.1, 0.15) is 31.9 Å². The Balaban J connectivity index is 1.61. The van der Waals surface area contributed by atoms with Crippen LogP contribution in [0.15, 0.2) is 17.0 Å². The van der Waals surface area contributed by atoms with Crippen molar-refractivity contribution in [2.75, 3.05) is 57.3 Å². The third kappa shape index (κ3) is 5.55. The molecule has 0 spiro atoms. The van der Waals surface area contributed by atoms with Crippen LogP contribution in [-0.4, -0.2) is 73.9 Å². The van der Waals surface area contributed by atoms with Crippen LogP contribution in [0.5, 0.6) is 0 Å². The summed E-state index contributed by atoms with van der Waals surface area (Å²) in [5.74, 6) is 0. The van der Waals surface area contributed by atoms with Crippen LogP contribution in [0.4, 0.5) is 10.5 Å². The number of rotatable bonds is 3. The van der Waals surface area contributed by atoms with E-state index < -0.39 is 5.60 Å². The molecule has 2 aliphatic rings. The molecule has 0 aromatic heterocycles. The average Bonchev–Trinajstić information content (AvgIpc) is 2.65. The molecule has 1 aromatic rings. The Bertz CT molecular complexity index is 690. The van der Waals surface area contributed by atoms with E-state index >= 15 is 0 Å². The van der Waals surface area contributed by atoms with Crippen LogP contribution in [0.3, 0.4) is 0 Å². The molecule has 1 aromatic carbocycles. The van der Waals surface area contributed by atoms with Crippen molar-refractivity contribution in [1.29, 1.82) is 0 Å². The number of nitrogens with zero attached hydrogens (tertiary/aromatic N) is 3. The molecule has 0 unspecified atom stereocenters. The van der Waals surface area contributed by atoms with Gasteiger partial charge in [-0.3, -0.25) is 4.90 Å². The van der Waals surface area contributed by atoms with E-state index in [0.29, 0.717) is 13.1 Å². The highest BCUT2D eigenvalue weighted by Crippen LogP contribution is 2.27. The second-order valence-corrected chi connectivity index (χ2v) is 9.21. The molecule has 2 aliphatic heterocycles. The molecule has 1 N–H and O–H groups in total. The van der Waals surface area contributed by atoms with Crippen molar-refractivity contribution in [3.05, 3.63) is 23.3 Å². The van der Waals surface area contributed by atoms with Crippen molar-refractivity contribution in [2.45, 2.75) is 44.7 Å². The van der Waals surface area contributed by atoms with Crippen molar-refractivity contribution in [3.8, 4) is 0 Å². The van der Waals surface area contributed by atoms with Crippen LogP contribution in [-0.2, 0) is 11.3 Å². The summed E-state index contributed by atoms with van der Waals surface area (Å²) in [5, 5.41) is 3.41. The fourth-order valence-electron chi connectivity index (χ4n) is 3.67. The number of piperazine rings is 2. The molecular weight excluding hydrogens is 372 g/mol. The summed E-state index contributed by atoms with van der Waals surface area (Å²) in [6.45, 7) is 16.0. The number of hydrogen-bond donors (Lipinski definition) is 2. The van der Waals surface area contributed by atoms with E-state index in [1.165, 1.54) is 16.8 Å². The number of benzene rings is 1. The van der Waals surface area contributed by atoms with Crippen LogP contribution in [0.2, 0.25) is 0 Å². The Morgan fingerprint density at radius 1 is 1.11 bits per heavy atom. The highest BCUT2D eigenvalue weighted by Gasteiger charge is 2.26. The predicted molar refractivity (Wildman–Crippen MR) is 117 cm³/mol. The second-order valence-electron chi connectivity index (χ2n) is 8.73. The zero-order valence-corrected chi connectivity index (χ0v) is 18.5. The molecule has 28 heavy (non-hydrogen) atoms. The summed E-state index contributed by atoms with van der Waals surface area (Å²) < 4.78 is 5.50. The largest absolute Gasteiger partial charge is 0.444 e. The van der Waals surface area contributed by atoms with Gasteiger partial charge in [0.1, 0.15) is 5.60 Å². The molecule has 2 heterocycles. The minimum Gasteiger partial charge on any atom is -0.444 e. The second kappa shape index (κ2) is 8.93. The number of hydrogen-bond acceptors (Lipinski definition) is 6. The van der Waals surface area contributed by atoms with E-state index in [9.17, 15) is 4.79 Å². The topological polar surface area (TPSA) is 48.0 Å². The highest BCUT2D eigenvalue weighted by molar-refractivity contribution is 7.80. The Morgan fingerprint density at radius 3 is 2.36 bits per heavy atom. The van der Waals surface area contributed by atoms with Gasteiger partial charge in [0.25, 0.3) is 0 Å². The standard InChI is InChI=1S/C21H34N4O2S/c1-16-17(13-18(14-19(16)28)24-7-5-22-6-8-24)15-23-9-11-25(12-10-23)20(26)27-21(2,3)4/h13-14,22,28H,5-12,15H2,1-4H3. The molecule has 2 saturated heterocycles. The summed E-state index contributed by atoms with van der Waals surface area (Å²) in [6.07, 6.45) is -0.207. The first kappa shape index (κ1) is 21.3. The minimum absolute atomic E-state index is 0.207. The fraction of sp³-hybridized carbons (Fsp3) is 0.667. The third-order valence-corrected chi connectivity index (χ3v) is 5.84. The molecule has 156 valence electrons. The zero-order valence-electron chi connectivity index (χ0n) is 17.6. The van der Waals surface area contributed by atoms with Crippen molar-refractivity contribution < 1.29 is 9.53 Å². The van der Waals surface area contributed by atoms with Gasteiger partial charge < -0.3 is 19.9 Å². The van der Waals surface area contributed by atoms with Crippen LogP contribution < -0.4 is 10.2 Å². The number of thiol groups is 1. The molecular formula is C21H34N4O2S. The first-order valence-corrected chi connectivity index (χ1v) is 10.7. The smallest absolute Gasteiger partial charge is 0.410 e. The number of nitrogens with one attached hydrogen (secondary N) is 1. The van der Waals surface area contributed by atoms with Gasteiger partial charge in [-0.15, -0.1) is 12.6 Å². The van der Waals surface area contributed by atoms with Crippen LogP contribution in [0.25, 0.3) is 0 Å². The van der Waals surface area contributed by atoms with Crippen molar-refractivity contribution in [3.63, 3.8) is 0 Å². The lowest BCUT2D eigenvalue weighted by Gasteiger charge is -2.36. The van der Waals surface area contributed by atoms with Gasteiger partial charge >= 0.3 is 6.09 Å². The van der Waals surface area contributed by atoms with Gasteiger partial charge in [0.05, 0.1) is 0 Å². The summed E-state index contributed by atoms with van der Waals surface area (Å²) in [4.78, 5) is 20.0. The number of ether oxygens (including phenoxy) is 1. The lowest BCUT2D eigenvalue weighted by Crippen LogP contribution is -2.49. The zero-order chi connectivity index (χ0) is 20.3. The normalized spacial score (nSPS) is 19.0. The first-order valence-electron chi connectivity index (χ1n) is 10.2. The molecule has 0 atom stereocenters. The highest BCUT2D eigenvalue weighted by atomic mass is 32.1. The van der Waals surface area contributed by atoms with Gasteiger partial charge in [-0.2, -0.15) is 0 Å². The van der Waals surface area contributed by atoms with E-state index in [1.54, 1.807) is 0 Å². The van der Waals surface area contributed by atoms with Gasteiger partial charge in [0.15, 0.2) is 0 Å². The van der Waals surface area contributed by atoms with Gasteiger partial charge in [-0.05, 0) is 51.0 Å². The van der Waals surface area contributed by atoms with Crippen molar-refractivity contribution >= 4 is 24.4 Å². The first-order chi connectivity index (χ1) is 13.2. The third-order valence-electron chi connectivity index (χ3n) is 5.37. The lowest BCUT2D eigenvalue weighted by atomic mass is 10.1.